The van der Waals surface area contributed by atoms with Gasteiger partial charge in [-0.25, -0.2) is 4.39 Å². The molecule has 0 aliphatic carbocycles. The molecule has 0 radical (unpaired) electrons. The zero-order chi connectivity index (χ0) is 14.8. The molecule has 2 aliphatic heterocycles. The van der Waals surface area contributed by atoms with Gasteiger partial charge in [0.2, 0.25) is 0 Å². The maximum absolute atomic E-state index is 13.7. The third-order valence-corrected chi connectivity index (χ3v) is 5.43. The summed E-state index contributed by atoms with van der Waals surface area (Å²) in [6.07, 6.45) is 6.18. The molecular weight excluding hydrogens is 263 g/mol. The quantitative estimate of drug-likeness (QED) is 0.896. The summed E-state index contributed by atoms with van der Waals surface area (Å²) in [6, 6.07) is 9.06. The Morgan fingerprint density at radius 1 is 1.24 bits per heavy atom. The van der Waals surface area contributed by atoms with Crippen molar-refractivity contribution in [3.8, 4) is 0 Å². The van der Waals surface area contributed by atoms with Gasteiger partial charge in [0, 0.05) is 18.1 Å². The number of hydrogen-bond acceptors (Lipinski definition) is 2. The monoisotopic (exact) mass is 290 g/mol. The Hall–Kier alpha value is -0.930. The highest BCUT2D eigenvalue weighted by Crippen LogP contribution is 2.37. The molecule has 116 valence electrons. The van der Waals surface area contributed by atoms with Crippen molar-refractivity contribution >= 4 is 0 Å². The highest BCUT2D eigenvalue weighted by atomic mass is 19.1. The highest BCUT2D eigenvalue weighted by Gasteiger charge is 2.38. The lowest BCUT2D eigenvalue weighted by Crippen LogP contribution is -2.43. The maximum Gasteiger partial charge on any atom is 0.126 e. The van der Waals surface area contributed by atoms with E-state index in [0.717, 1.165) is 36.5 Å². The van der Waals surface area contributed by atoms with E-state index in [-0.39, 0.29) is 5.82 Å². The van der Waals surface area contributed by atoms with Crippen LogP contribution in [0.1, 0.15) is 38.2 Å². The van der Waals surface area contributed by atoms with E-state index in [1.54, 1.807) is 12.1 Å². The van der Waals surface area contributed by atoms with Crippen molar-refractivity contribution < 1.29 is 4.39 Å². The molecule has 1 aromatic carbocycles. The SMILES string of the molecule is CC(Cc1ccccc1F)NCC1CC2CCC(C1)N2C. The molecule has 0 aromatic heterocycles. The minimum atomic E-state index is -0.0801. The van der Waals surface area contributed by atoms with E-state index >= 15 is 0 Å². The molecule has 2 nitrogen and oxygen atoms in total. The first-order chi connectivity index (χ1) is 10.1. The summed E-state index contributed by atoms with van der Waals surface area (Å²) in [5.74, 6) is 0.713. The first-order valence-corrected chi connectivity index (χ1v) is 8.32. The molecule has 0 saturated carbocycles. The normalized spacial score (nSPS) is 30.5. The maximum atomic E-state index is 13.7. The topological polar surface area (TPSA) is 15.3 Å². The number of benzene rings is 1. The molecule has 1 N–H and O–H groups in total. The van der Waals surface area contributed by atoms with Gasteiger partial charge in [0.1, 0.15) is 5.82 Å². The summed E-state index contributed by atoms with van der Waals surface area (Å²) in [5.41, 5.74) is 0.820. The number of fused-ring (bicyclic) bond motifs is 2. The summed E-state index contributed by atoms with van der Waals surface area (Å²) >= 11 is 0. The Morgan fingerprint density at radius 3 is 2.57 bits per heavy atom. The van der Waals surface area contributed by atoms with Crippen LogP contribution in [0.4, 0.5) is 4.39 Å². The van der Waals surface area contributed by atoms with E-state index in [1.165, 1.54) is 25.7 Å². The van der Waals surface area contributed by atoms with Gasteiger partial charge in [-0.15, -0.1) is 0 Å². The number of nitrogens with zero attached hydrogens (tertiary/aromatic N) is 1. The average molecular weight is 290 g/mol. The van der Waals surface area contributed by atoms with Crippen LogP contribution >= 0.6 is 0 Å². The van der Waals surface area contributed by atoms with Gasteiger partial charge in [0.25, 0.3) is 0 Å². The van der Waals surface area contributed by atoms with Gasteiger partial charge in [0.05, 0.1) is 0 Å². The van der Waals surface area contributed by atoms with Crippen LogP contribution in [0.15, 0.2) is 24.3 Å². The second-order valence-electron chi connectivity index (χ2n) is 6.99. The second-order valence-corrected chi connectivity index (χ2v) is 6.99. The fourth-order valence-corrected chi connectivity index (χ4v) is 4.12. The number of rotatable bonds is 5. The standard InChI is InChI=1S/C18H27FN2/c1-13(9-15-5-3-4-6-18(15)19)20-12-14-10-16-7-8-17(11-14)21(16)2/h3-6,13-14,16-17,20H,7-12H2,1-2H3. The summed E-state index contributed by atoms with van der Waals surface area (Å²) < 4.78 is 13.7. The first kappa shape index (κ1) is 15.0. The molecule has 21 heavy (non-hydrogen) atoms. The molecule has 3 atom stereocenters. The lowest BCUT2D eigenvalue weighted by Gasteiger charge is -2.36. The minimum Gasteiger partial charge on any atom is -0.314 e. The van der Waals surface area contributed by atoms with Crippen molar-refractivity contribution in [2.75, 3.05) is 13.6 Å². The van der Waals surface area contributed by atoms with E-state index in [0.29, 0.717) is 6.04 Å². The third-order valence-electron chi connectivity index (χ3n) is 5.43. The van der Waals surface area contributed by atoms with Crippen LogP contribution in [-0.2, 0) is 6.42 Å². The number of halogens is 1. The van der Waals surface area contributed by atoms with E-state index in [1.807, 2.05) is 12.1 Å². The number of hydrogen-bond donors (Lipinski definition) is 1. The van der Waals surface area contributed by atoms with Crippen LogP contribution in [0, 0.1) is 11.7 Å². The van der Waals surface area contributed by atoms with Gasteiger partial charge >= 0.3 is 0 Å². The predicted octanol–water partition coefficient (Wildman–Crippen LogP) is 3.22. The summed E-state index contributed by atoms with van der Waals surface area (Å²) in [7, 11) is 2.28. The van der Waals surface area contributed by atoms with E-state index < -0.39 is 0 Å². The fraction of sp³-hybridized carbons (Fsp3) is 0.667. The van der Waals surface area contributed by atoms with Gasteiger partial charge in [-0.3, -0.25) is 0 Å². The van der Waals surface area contributed by atoms with Crippen LogP contribution in [0.5, 0.6) is 0 Å². The van der Waals surface area contributed by atoms with Crippen LogP contribution in [0.25, 0.3) is 0 Å². The van der Waals surface area contributed by atoms with Crippen LogP contribution in [0.3, 0.4) is 0 Å². The number of piperidine rings is 1. The molecule has 3 unspecified atom stereocenters. The van der Waals surface area contributed by atoms with Crippen molar-refractivity contribution in [3.63, 3.8) is 0 Å². The van der Waals surface area contributed by atoms with Gasteiger partial charge in [-0.05, 0) is 70.2 Å². The molecule has 0 amide bonds. The molecular formula is C18H27FN2. The average Bonchev–Trinajstić information content (AvgIpc) is 2.70. The zero-order valence-corrected chi connectivity index (χ0v) is 13.2. The molecule has 2 heterocycles. The second kappa shape index (κ2) is 6.45. The molecule has 2 aliphatic rings. The van der Waals surface area contributed by atoms with Crippen LogP contribution < -0.4 is 5.32 Å². The molecule has 2 bridgehead atoms. The van der Waals surface area contributed by atoms with E-state index in [4.69, 9.17) is 0 Å². The summed E-state index contributed by atoms with van der Waals surface area (Å²) in [6.45, 7) is 3.24. The third kappa shape index (κ3) is 3.46. The lowest BCUT2D eigenvalue weighted by atomic mass is 9.91. The first-order valence-electron chi connectivity index (χ1n) is 8.32. The Labute approximate surface area is 127 Å². The van der Waals surface area contributed by atoms with Crippen molar-refractivity contribution in [2.24, 2.45) is 5.92 Å². The predicted molar refractivity (Wildman–Crippen MR) is 84.9 cm³/mol. The Morgan fingerprint density at radius 2 is 1.90 bits per heavy atom. The molecule has 2 saturated heterocycles. The van der Waals surface area contributed by atoms with E-state index in [9.17, 15) is 4.39 Å². The molecule has 0 spiro atoms. The number of nitrogens with one attached hydrogen (secondary N) is 1. The van der Waals surface area contributed by atoms with Gasteiger partial charge in [0.15, 0.2) is 0 Å². The van der Waals surface area contributed by atoms with Crippen molar-refractivity contribution in [1.29, 1.82) is 0 Å². The summed E-state index contributed by atoms with van der Waals surface area (Å²) in [4.78, 5) is 2.58. The van der Waals surface area contributed by atoms with Crippen LogP contribution in [-0.4, -0.2) is 36.6 Å². The van der Waals surface area contributed by atoms with Gasteiger partial charge in [-0.1, -0.05) is 18.2 Å². The highest BCUT2D eigenvalue weighted by molar-refractivity contribution is 5.18. The summed E-state index contributed by atoms with van der Waals surface area (Å²) in [5, 5.41) is 3.63. The van der Waals surface area contributed by atoms with Gasteiger partial charge in [-0.2, -0.15) is 0 Å². The van der Waals surface area contributed by atoms with Crippen molar-refractivity contribution in [1.82, 2.24) is 10.2 Å². The Bertz CT molecular complexity index is 462. The van der Waals surface area contributed by atoms with Gasteiger partial charge < -0.3 is 10.2 Å². The molecule has 1 aromatic rings. The Balaban J connectivity index is 1.46. The van der Waals surface area contributed by atoms with Crippen molar-refractivity contribution in [3.05, 3.63) is 35.6 Å². The fourth-order valence-electron chi connectivity index (χ4n) is 4.12. The van der Waals surface area contributed by atoms with Crippen LogP contribution in [0.2, 0.25) is 0 Å². The lowest BCUT2D eigenvalue weighted by molar-refractivity contribution is 0.131. The minimum absolute atomic E-state index is 0.0801. The van der Waals surface area contributed by atoms with E-state index in [2.05, 4.69) is 24.2 Å². The largest absolute Gasteiger partial charge is 0.314 e. The molecule has 3 rings (SSSR count). The zero-order valence-electron chi connectivity index (χ0n) is 13.2. The molecule has 3 heteroatoms. The molecule has 2 fully saturated rings. The van der Waals surface area contributed by atoms with Crippen molar-refractivity contribution in [2.45, 2.75) is 57.2 Å². The Kier molecular flexibility index (Phi) is 4.60. The smallest absolute Gasteiger partial charge is 0.126 e.